The van der Waals surface area contributed by atoms with Crippen LogP contribution >= 0.6 is 0 Å². The third-order valence-corrected chi connectivity index (χ3v) is 22.1. The van der Waals surface area contributed by atoms with Gasteiger partial charge in [-0.2, -0.15) is 0 Å². The summed E-state index contributed by atoms with van der Waals surface area (Å²) >= 11 is 0. The zero-order valence-electron chi connectivity index (χ0n) is 63.3. The molecule has 98 heavy (non-hydrogen) atoms. The molecule has 13 rings (SSSR count). The van der Waals surface area contributed by atoms with Crippen LogP contribution in [0.3, 0.4) is 0 Å². The largest absolute Gasteiger partial charge is 0.492 e. The summed E-state index contributed by atoms with van der Waals surface area (Å²) in [5.74, 6) is 4.52. The quantitative estimate of drug-likeness (QED) is 0.139. The molecule has 0 fully saturated rings. The fraction of sp³-hybridized carbons (Fsp3) is 0.466. The zero-order chi connectivity index (χ0) is 70.8. The van der Waals surface area contributed by atoms with E-state index in [9.17, 15) is 4.79 Å². The molecule has 10 heteroatoms. The Kier molecular flexibility index (Phi) is 17.6. The number of ether oxygens (including phenoxy) is 5. The van der Waals surface area contributed by atoms with E-state index in [4.69, 9.17) is 23.7 Å². The van der Waals surface area contributed by atoms with Gasteiger partial charge in [0.25, 0.3) is 0 Å². The normalized spacial score (nSPS) is 20.7. The van der Waals surface area contributed by atoms with Gasteiger partial charge < -0.3 is 43.6 Å². The lowest BCUT2D eigenvalue weighted by atomic mass is 9.80. The predicted octanol–water partition coefficient (Wildman–Crippen LogP) is 19.9. The molecular formula is C88H110N4O6. The smallest absolute Gasteiger partial charge is 0.167 e. The van der Waals surface area contributed by atoms with Crippen LogP contribution in [0.25, 0.3) is 0 Å². The van der Waals surface area contributed by atoms with Gasteiger partial charge in [-0.3, -0.25) is 4.79 Å². The number of fused-ring (bicyclic) bond motifs is 8. The van der Waals surface area contributed by atoms with Crippen molar-refractivity contribution < 1.29 is 28.5 Å². The van der Waals surface area contributed by atoms with Crippen molar-refractivity contribution in [2.75, 3.05) is 33.0 Å². The minimum Gasteiger partial charge on any atom is -0.492 e. The number of hydrogen-bond acceptors (Lipinski definition) is 6. The average Bonchev–Trinajstić information content (AvgIpc) is 1.56. The van der Waals surface area contributed by atoms with Crippen molar-refractivity contribution in [2.45, 2.75) is 234 Å². The molecule has 9 aromatic rings. The van der Waals surface area contributed by atoms with Crippen LogP contribution < -0.4 is 23.7 Å². The standard InChI is InChI=1S/C72H86N4O4.C16H24O2/c1-42-28-50(66(5,6)7)33-44-30-46-35-52(68(11,12)13)37-48-31-47-36-51(67(8,9)10)34-45-29-43-32-49(65(2,3)4)18-19-53(43)77-38-69(14)54-20-22-56(73-54)70(15,39-78-62(42)44)57-24-25-59(75-57)72(17,41-80-64(46)48)61-27-26-60(76-61)71(16,40-79-63(45)47)58-23-21-55(69)74-58;1-7-13-9-14(16(4,5)6)8-11(2)15(13)18-10-12(3)17/h18-28,32-37,73-76H,29-31,38-41H2,1-17H3;8-9H,7,10H2,1-6H3. The lowest BCUT2D eigenvalue weighted by molar-refractivity contribution is -0.118. The van der Waals surface area contributed by atoms with Crippen molar-refractivity contribution in [1.82, 2.24) is 19.9 Å². The number of Topliss-reactive ketones (excluding diaryl/α,β-unsaturated/α-hetero) is 1. The Morgan fingerprint density at radius 3 is 1.03 bits per heavy atom. The van der Waals surface area contributed by atoms with Gasteiger partial charge >= 0.3 is 0 Å². The molecule has 518 valence electrons. The first-order chi connectivity index (χ1) is 45.7. The number of aromatic amines is 4. The number of nitrogens with one attached hydrogen (secondary N) is 4. The Labute approximate surface area is 585 Å². The predicted molar refractivity (Wildman–Crippen MR) is 400 cm³/mol. The third-order valence-electron chi connectivity index (χ3n) is 22.1. The molecule has 10 nitrogen and oxygen atoms in total. The number of rotatable bonds is 4. The summed E-state index contributed by atoms with van der Waals surface area (Å²) in [6, 6.07) is 43.9. The molecule has 4 aliphatic heterocycles. The number of H-pyrrole nitrogens is 4. The van der Waals surface area contributed by atoms with Gasteiger partial charge in [-0.05, 0) is 214 Å². The molecule has 4 aliphatic rings. The Morgan fingerprint density at radius 1 is 0.388 bits per heavy atom. The Bertz CT molecular complexity index is 4520. The lowest BCUT2D eigenvalue weighted by Gasteiger charge is -2.35. The second-order valence-corrected chi connectivity index (χ2v) is 35.4. The van der Waals surface area contributed by atoms with Crippen LogP contribution in [-0.4, -0.2) is 58.8 Å². The van der Waals surface area contributed by atoms with Crippen LogP contribution in [0, 0.1) is 13.8 Å². The second-order valence-electron chi connectivity index (χ2n) is 35.4. The summed E-state index contributed by atoms with van der Waals surface area (Å²) < 4.78 is 36.2. The fourth-order valence-corrected chi connectivity index (χ4v) is 15.0. The molecule has 0 saturated heterocycles. The van der Waals surface area contributed by atoms with E-state index < -0.39 is 21.7 Å². The molecule has 4 N–H and O–H groups in total. The molecule has 4 aromatic heterocycles. The zero-order valence-corrected chi connectivity index (χ0v) is 63.3. The van der Waals surface area contributed by atoms with Gasteiger partial charge in [-0.1, -0.05) is 171 Å². The number of benzene rings is 5. The molecule has 4 unspecified atom stereocenters. The molecule has 0 aliphatic carbocycles. The topological polar surface area (TPSA) is 126 Å². The first-order valence-corrected chi connectivity index (χ1v) is 35.9. The van der Waals surface area contributed by atoms with Gasteiger partial charge in [-0.15, -0.1) is 0 Å². The van der Waals surface area contributed by atoms with Gasteiger partial charge in [0.1, 0.15) is 61.8 Å². The highest BCUT2D eigenvalue weighted by Gasteiger charge is 2.45. The summed E-state index contributed by atoms with van der Waals surface area (Å²) in [7, 11) is 0. The SMILES string of the molecule is CCc1cc(C(C)(C)C)cc(C)c1OCC(C)=O.Cc1cc(C(C)(C)C)cc2c1OCC1(C)c3ccc([nH]3)C3(C)COc4ccc(C(C)(C)C)cc4Cc4cc(C(C)(C)C)cc5c4OCC(C)(c4ccc3[nH]4)c3ccc([nH]3)C(C)(COc3c(cc(C(C)(C)C)cc3C5)C2)c2ccc1[nH]2. The number of carbonyl (C=O) groups excluding carboxylic acids is 1. The number of aromatic nitrogens is 4. The maximum Gasteiger partial charge on any atom is 0.167 e. The van der Waals surface area contributed by atoms with E-state index in [0.717, 1.165) is 125 Å². The van der Waals surface area contributed by atoms with Crippen molar-refractivity contribution in [2.24, 2.45) is 0 Å². The van der Waals surface area contributed by atoms with E-state index in [1.807, 2.05) is 6.92 Å². The van der Waals surface area contributed by atoms with Crippen LogP contribution in [0.1, 0.15) is 269 Å². The molecule has 4 atom stereocenters. The summed E-state index contributed by atoms with van der Waals surface area (Å²) in [5, 5.41) is 0. The molecular weight excluding hydrogens is 1210 g/mol. The van der Waals surface area contributed by atoms with Crippen molar-refractivity contribution in [1.29, 1.82) is 0 Å². The van der Waals surface area contributed by atoms with Gasteiger partial charge in [0.05, 0.1) is 21.7 Å². The molecule has 0 radical (unpaired) electrons. The first-order valence-electron chi connectivity index (χ1n) is 35.9. The number of carbonyl (C=O) groups is 1. The number of ketones is 1. The van der Waals surface area contributed by atoms with Gasteiger partial charge in [-0.25, -0.2) is 0 Å². The van der Waals surface area contributed by atoms with E-state index in [1.165, 1.54) is 33.4 Å². The third kappa shape index (κ3) is 13.0. The van der Waals surface area contributed by atoms with Gasteiger partial charge in [0.2, 0.25) is 0 Å². The van der Waals surface area contributed by atoms with E-state index in [0.29, 0.717) is 45.7 Å². The Hall–Kier alpha value is -8.11. The van der Waals surface area contributed by atoms with Crippen LogP contribution in [-0.2, 0) is 79.2 Å². The van der Waals surface area contributed by atoms with E-state index in [1.54, 1.807) is 6.92 Å². The van der Waals surface area contributed by atoms with E-state index in [2.05, 4.69) is 281 Å². The van der Waals surface area contributed by atoms with Gasteiger partial charge in [0, 0.05) is 64.8 Å². The molecule has 5 aromatic carbocycles. The first kappa shape index (κ1) is 69.8. The fourth-order valence-electron chi connectivity index (χ4n) is 15.0. The van der Waals surface area contributed by atoms with Crippen molar-refractivity contribution in [3.8, 4) is 28.7 Å². The highest BCUT2D eigenvalue weighted by molar-refractivity contribution is 5.77. The Balaban J connectivity index is 0.000000443. The second kappa shape index (κ2) is 24.7. The van der Waals surface area contributed by atoms with Crippen LogP contribution in [0.15, 0.2) is 115 Å². The van der Waals surface area contributed by atoms with Crippen molar-refractivity contribution in [3.63, 3.8) is 0 Å². The monoisotopic (exact) mass is 1320 g/mol. The average molecular weight is 1320 g/mol. The summed E-state index contributed by atoms with van der Waals surface area (Å²) in [6.07, 6.45) is 2.72. The molecule has 0 amide bonds. The molecule has 0 saturated carbocycles. The van der Waals surface area contributed by atoms with Crippen LogP contribution in [0.5, 0.6) is 28.7 Å². The number of hydrogen-bond donors (Lipinski definition) is 4. The van der Waals surface area contributed by atoms with Gasteiger partial charge in [0.15, 0.2) is 5.78 Å². The summed E-state index contributed by atoms with van der Waals surface area (Å²) in [5.41, 5.74) is 21.8. The number of aryl methyl sites for hydroxylation is 3. The maximum atomic E-state index is 11.0. The highest BCUT2D eigenvalue weighted by Crippen LogP contribution is 2.49. The van der Waals surface area contributed by atoms with E-state index in [-0.39, 0.29) is 39.5 Å². The minimum atomic E-state index is -0.686. The van der Waals surface area contributed by atoms with Crippen LogP contribution in [0.2, 0.25) is 0 Å². The van der Waals surface area contributed by atoms with Crippen molar-refractivity contribution >= 4 is 5.78 Å². The van der Waals surface area contributed by atoms with Crippen LogP contribution in [0.4, 0.5) is 0 Å². The Morgan fingerprint density at radius 2 is 0.684 bits per heavy atom. The molecule has 0 spiro atoms. The molecule has 8 heterocycles. The van der Waals surface area contributed by atoms with Crippen molar-refractivity contribution in [3.05, 3.63) is 239 Å². The summed E-state index contributed by atoms with van der Waals surface area (Å²) in [4.78, 5) is 27.5. The van der Waals surface area contributed by atoms with E-state index >= 15 is 0 Å². The molecule has 14 bridgehead atoms. The lowest BCUT2D eigenvalue weighted by Crippen LogP contribution is -2.37. The highest BCUT2D eigenvalue weighted by atomic mass is 16.5. The minimum absolute atomic E-state index is 0.0522. The maximum absolute atomic E-state index is 11.0. The summed E-state index contributed by atoms with van der Waals surface area (Å²) in [6.45, 7) is 53.3.